The summed E-state index contributed by atoms with van der Waals surface area (Å²) in [4.78, 5) is 24.3. The predicted molar refractivity (Wildman–Crippen MR) is 148 cm³/mol. The van der Waals surface area contributed by atoms with Crippen LogP contribution in [0, 0.1) is 0 Å². The van der Waals surface area contributed by atoms with E-state index < -0.39 is 5.60 Å². The lowest BCUT2D eigenvalue weighted by Crippen LogP contribution is -2.47. The van der Waals surface area contributed by atoms with Crippen molar-refractivity contribution in [3.63, 3.8) is 0 Å². The summed E-state index contributed by atoms with van der Waals surface area (Å²) in [6.45, 7) is 11.2. The number of hydrazine groups is 1. The number of aryl methyl sites for hydroxylation is 1. The van der Waals surface area contributed by atoms with Gasteiger partial charge in [-0.3, -0.25) is 10.0 Å². The summed E-state index contributed by atoms with van der Waals surface area (Å²) in [7, 11) is 1.87. The van der Waals surface area contributed by atoms with Gasteiger partial charge in [0, 0.05) is 12.7 Å². The van der Waals surface area contributed by atoms with Crippen LogP contribution >= 0.6 is 0 Å². The average Bonchev–Trinajstić information content (AvgIpc) is 3.31. The number of likely N-dealkylation sites (tertiary alicyclic amines) is 1. The van der Waals surface area contributed by atoms with E-state index in [0.29, 0.717) is 49.0 Å². The van der Waals surface area contributed by atoms with Crippen LogP contribution in [0.1, 0.15) is 53.0 Å². The molecule has 2 heterocycles. The normalized spacial score (nSPS) is 20.9. The molecule has 37 heavy (non-hydrogen) atoms. The van der Waals surface area contributed by atoms with Gasteiger partial charge < -0.3 is 31.2 Å². The van der Waals surface area contributed by atoms with E-state index in [1.807, 2.05) is 52.8 Å². The summed E-state index contributed by atoms with van der Waals surface area (Å²) < 4.78 is 5.62. The molecule has 1 fully saturated rings. The first-order chi connectivity index (χ1) is 17.6. The number of nitrogens with two attached hydrogens (primary N) is 1. The third-order valence-corrected chi connectivity index (χ3v) is 6.17. The summed E-state index contributed by atoms with van der Waals surface area (Å²) in [5.41, 5.74) is 13.1. The van der Waals surface area contributed by atoms with Gasteiger partial charge in [0.25, 0.3) is 0 Å². The van der Waals surface area contributed by atoms with Crippen LogP contribution in [0.15, 0.2) is 51.7 Å². The number of hydrogen-bond donors (Lipinski definition) is 4. The minimum Gasteiger partial charge on any atom is -0.508 e. The van der Waals surface area contributed by atoms with E-state index in [1.54, 1.807) is 29.3 Å². The standard InChI is InChI=1S/C27H41N7O3/c1-7-18-14-20(35)11-12-22(18)32-25(28)21-16-31-34(17-29-6)23(8-2)24(21)30-15-19-10-9-13-33(19)26(36)37-27(3,4)5/h8,11-12,14,16,19,29,31,35H,7,9-10,13,15,17H2,1-6H3,(H2,28,32)/b23-8-,30-24?/t19-/m0/s1. The lowest BCUT2D eigenvalue weighted by Gasteiger charge is -2.33. The van der Waals surface area contributed by atoms with Crippen LogP contribution in [-0.4, -0.2) is 71.1 Å². The van der Waals surface area contributed by atoms with Gasteiger partial charge in [-0.2, -0.15) is 0 Å². The Balaban J connectivity index is 1.95. The van der Waals surface area contributed by atoms with Crippen LogP contribution < -0.4 is 16.5 Å². The number of aliphatic imine (C=N–C) groups is 2. The zero-order chi connectivity index (χ0) is 27.2. The maximum Gasteiger partial charge on any atom is 0.410 e. The highest BCUT2D eigenvalue weighted by Crippen LogP contribution is 2.27. The summed E-state index contributed by atoms with van der Waals surface area (Å²) in [5.74, 6) is 0.505. The monoisotopic (exact) mass is 511 g/mol. The molecule has 1 atom stereocenters. The molecule has 1 saturated heterocycles. The van der Waals surface area contributed by atoms with Crippen molar-refractivity contribution in [2.45, 2.75) is 65.5 Å². The van der Waals surface area contributed by atoms with Gasteiger partial charge in [0.15, 0.2) is 0 Å². The van der Waals surface area contributed by atoms with Crippen LogP contribution in [-0.2, 0) is 11.2 Å². The molecule has 0 aromatic heterocycles. The summed E-state index contributed by atoms with van der Waals surface area (Å²) in [6, 6.07) is 5.00. The molecule has 0 saturated carbocycles. The Kier molecular flexibility index (Phi) is 9.20. The van der Waals surface area contributed by atoms with Crippen LogP contribution in [0.3, 0.4) is 0 Å². The quantitative estimate of drug-likeness (QED) is 0.325. The van der Waals surface area contributed by atoms with Crippen molar-refractivity contribution in [1.82, 2.24) is 20.7 Å². The summed E-state index contributed by atoms with van der Waals surface area (Å²) in [6.07, 6.45) is 5.94. The largest absolute Gasteiger partial charge is 0.508 e. The number of allylic oxidation sites excluding steroid dienone is 2. The third kappa shape index (κ3) is 7.03. The number of carbonyl (C=O) groups is 1. The SMILES string of the molecule is C/C=C1/C(=NC[C@@H]2CCCN2C(=O)OC(C)(C)C)C(C(N)=Nc2ccc(O)cc2CC)=CNN1CNC. The van der Waals surface area contributed by atoms with Gasteiger partial charge in [0.2, 0.25) is 0 Å². The number of rotatable bonds is 7. The second kappa shape index (κ2) is 12.1. The van der Waals surface area contributed by atoms with Gasteiger partial charge in [-0.1, -0.05) is 13.0 Å². The summed E-state index contributed by atoms with van der Waals surface area (Å²) in [5, 5.41) is 14.9. The predicted octanol–water partition coefficient (Wildman–Crippen LogP) is 3.57. The van der Waals surface area contributed by atoms with Crippen molar-refractivity contribution in [3.05, 3.63) is 47.3 Å². The number of nitrogens with zero attached hydrogens (tertiary/aromatic N) is 4. The molecule has 0 spiro atoms. The van der Waals surface area contributed by atoms with Crippen LogP contribution in [0.5, 0.6) is 5.75 Å². The van der Waals surface area contributed by atoms with Gasteiger partial charge in [-0.15, -0.1) is 0 Å². The minimum atomic E-state index is -0.552. The molecule has 10 nitrogen and oxygen atoms in total. The number of benzene rings is 1. The van der Waals surface area contributed by atoms with E-state index in [4.69, 9.17) is 20.5 Å². The lowest BCUT2D eigenvalue weighted by molar-refractivity contribution is 0.0232. The highest BCUT2D eigenvalue weighted by molar-refractivity contribution is 6.29. The molecule has 1 aromatic rings. The van der Waals surface area contributed by atoms with Crippen LogP contribution in [0.2, 0.25) is 0 Å². The molecule has 2 aliphatic heterocycles. The number of carbonyl (C=O) groups excluding carboxylic acids is 1. The smallest absolute Gasteiger partial charge is 0.410 e. The van der Waals surface area contributed by atoms with Crippen LogP contribution in [0.4, 0.5) is 10.5 Å². The topological polar surface area (TPSA) is 128 Å². The number of hydrogen-bond acceptors (Lipinski definition) is 8. The average molecular weight is 512 g/mol. The molecule has 0 aliphatic carbocycles. The number of nitrogens with one attached hydrogen (secondary N) is 2. The fourth-order valence-corrected chi connectivity index (χ4v) is 4.43. The van der Waals surface area contributed by atoms with E-state index in [9.17, 15) is 9.90 Å². The lowest BCUT2D eigenvalue weighted by atomic mass is 10.0. The Morgan fingerprint density at radius 2 is 2.14 bits per heavy atom. The fraction of sp³-hybridized carbons (Fsp3) is 0.519. The molecule has 0 radical (unpaired) electrons. The van der Waals surface area contributed by atoms with Crippen LogP contribution in [0.25, 0.3) is 0 Å². The molecule has 1 amide bonds. The van der Waals surface area contributed by atoms with Crippen molar-refractivity contribution < 1.29 is 14.6 Å². The zero-order valence-electron chi connectivity index (χ0n) is 22.8. The second-order valence-electron chi connectivity index (χ2n) is 10.1. The van der Waals surface area contributed by atoms with E-state index in [1.165, 1.54) is 0 Å². The third-order valence-electron chi connectivity index (χ3n) is 6.17. The van der Waals surface area contributed by atoms with E-state index in [2.05, 4.69) is 10.7 Å². The highest BCUT2D eigenvalue weighted by Gasteiger charge is 2.33. The Hall–Kier alpha value is -3.53. The first kappa shape index (κ1) is 28.0. The van der Waals surface area contributed by atoms with Crippen molar-refractivity contribution in [2.24, 2.45) is 15.7 Å². The van der Waals surface area contributed by atoms with Gasteiger partial charge in [0.1, 0.15) is 17.2 Å². The van der Waals surface area contributed by atoms with E-state index in [0.717, 1.165) is 24.1 Å². The number of aromatic hydroxyl groups is 1. The van der Waals surface area contributed by atoms with Crippen molar-refractivity contribution in [1.29, 1.82) is 0 Å². The summed E-state index contributed by atoms with van der Waals surface area (Å²) >= 11 is 0. The maximum atomic E-state index is 12.8. The molecule has 10 heteroatoms. The Morgan fingerprint density at radius 3 is 2.78 bits per heavy atom. The number of amides is 1. The van der Waals surface area contributed by atoms with Crippen molar-refractivity contribution in [3.8, 4) is 5.75 Å². The molecular weight excluding hydrogens is 470 g/mol. The molecule has 5 N–H and O–H groups in total. The van der Waals surface area contributed by atoms with Gasteiger partial charge >= 0.3 is 6.09 Å². The molecular formula is C27H41N7O3. The van der Waals surface area contributed by atoms with E-state index in [-0.39, 0.29) is 17.9 Å². The molecule has 3 rings (SSSR count). The number of phenols is 1. The molecule has 0 bridgehead atoms. The number of amidine groups is 1. The second-order valence-corrected chi connectivity index (χ2v) is 10.1. The Labute approximate surface area is 219 Å². The van der Waals surface area contributed by atoms with Gasteiger partial charge in [-0.05, 0) is 77.8 Å². The fourth-order valence-electron chi connectivity index (χ4n) is 4.43. The van der Waals surface area contributed by atoms with Crippen molar-refractivity contribution >= 4 is 23.3 Å². The first-order valence-corrected chi connectivity index (χ1v) is 12.8. The highest BCUT2D eigenvalue weighted by atomic mass is 16.6. The van der Waals surface area contributed by atoms with Crippen molar-refractivity contribution in [2.75, 3.05) is 26.8 Å². The first-order valence-electron chi connectivity index (χ1n) is 12.8. The molecule has 0 unspecified atom stereocenters. The van der Waals surface area contributed by atoms with E-state index >= 15 is 0 Å². The molecule has 202 valence electrons. The number of phenolic OH excluding ortho intramolecular Hbond substituents is 1. The zero-order valence-corrected chi connectivity index (χ0v) is 22.8. The van der Waals surface area contributed by atoms with Gasteiger partial charge in [0.05, 0.1) is 41.9 Å². The maximum absolute atomic E-state index is 12.8. The van der Waals surface area contributed by atoms with Gasteiger partial charge in [-0.25, -0.2) is 9.79 Å². The Bertz CT molecular complexity index is 1100. The molecule has 1 aromatic carbocycles. The Morgan fingerprint density at radius 1 is 1.38 bits per heavy atom. The number of ether oxygens (including phenoxy) is 1. The minimum absolute atomic E-state index is 0.0590. The molecule has 2 aliphatic rings.